The van der Waals surface area contributed by atoms with Crippen LogP contribution in [0.2, 0.25) is 15.1 Å². The number of nitriles is 3. The zero-order chi connectivity index (χ0) is 63.9. The number of thioether (sulfide) groups is 2. The number of nitrogens with one attached hydrogen (secondary N) is 1. The topological polar surface area (TPSA) is 185 Å². The fourth-order valence-corrected chi connectivity index (χ4v) is 12.5. The number of methoxy groups -OCH3 is 2. The molecule has 9 aromatic rings. The summed E-state index contributed by atoms with van der Waals surface area (Å²) in [6, 6.07) is 51.1. The molecule has 1 aliphatic rings. The van der Waals surface area contributed by atoms with Crippen molar-refractivity contribution in [2.75, 3.05) is 27.4 Å². The molecule has 458 valence electrons. The Morgan fingerprint density at radius 1 is 0.556 bits per heavy atom. The van der Waals surface area contributed by atoms with Gasteiger partial charge < -0.3 is 46.0 Å². The number of aromatic nitrogens is 3. The van der Waals surface area contributed by atoms with Crippen molar-refractivity contribution in [3.05, 3.63) is 253 Å². The van der Waals surface area contributed by atoms with Gasteiger partial charge in [0.2, 0.25) is 11.8 Å². The Morgan fingerprint density at radius 2 is 0.933 bits per heavy atom. The van der Waals surface area contributed by atoms with Crippen LogP contribution in [-0.2, 0) is 51.5 Å². The van der Waals surface area contributed by atoms with Crippen LogP contribution in [0.1, 0.15) is 62.9 Å². The van der Waals surface area contributed by atoms with Gasteiger partial charge in [-0.2, -0.15) is 45.1 Å². The maximum Gasteiger partial charge on any atom is 1.00 e. The number of pyridine rings is 3. The van der Waals surface area contributed by atoms with Gasteiger partial charge in [0.25, 0.3) is 5.56 Å². The summed E-state index contributed by atoms with van der Waals surface area (Å²) >= 11 is 40.0. The standard InChI is InChI=1S/C21H16BrClN2O2S.C20H14BrClN2O2S.C14H9Br2ClN2O2.C7H8S.C4H8O.Na/c1-26-21-19(22)20(27-18-8-15(10-24)7-17(23)9-18)16(11-25-21)13-28-12-14-5-3-2-4-6-14;21-18-19(26-17-7-14(9-23)6-16(22)8-17)15(10-24-20(18)25)12-27-11-13-4-2-1-3-5-13;1-20-14-12(16)13(9(5-15)7-19-14)21-11-3-8(6-18)2-10(17)4-11;8-6-7-4-2-1-3-5-7;1-2-4-5-3-1;/h2-9,11H,12-13H2,1H3;1-8,10H,11-12H2,(H,24,25);2-4,7H,5H2,1H3;1-5,8H,6H2;1-4H2;/q;;;;;+1/p-1. The second-order valence-corrected chi connectivity index (χ2v) is 24.9. The molecule has 0 bridgehead atoms. The molecule has 0 amide bonds. The Bertz CT molecular complexity index is 3940. The van der Waals surface area contributed by atoms with Crippen LogP contribution in [0.3, 0.4) is 0 Å². The third-order valence-electron chi connectivity index (χ3n) is 11.9. The van der Waals surface area contributed by atoms with E-state index in [-0.39, 0.29) is 35.1 Å². The number of halogens is 7. The van der Waals surface area contributed by atoms with Crippen molar-refractivity contribution >= 4 is 135 Å². The molecule has 10 rings (SSSR count). The minimum Gasteiger partial charge on any atom is -0.788 e. The Hall–Kier alpha value is -5.16. The van der Waals surface area contributed by atoms with E-state index in [2.05, 4.69) is 109 Å². The summed E-state index contributed by atoms with van der Waals surface area (Å²) in [4.78, 5) is 23.2. The third-order valence-corrected chi connectivity index (χ3v) is 17.7. The monoisotopic (exact) mass is 1580 g/mol. The molecule has 1 saturated heterocycles. The fraction of sp³-hybridized carbons (Fsp3) is 0.182. The first-order valence-corrected chi connectivity index (χ1v) is 34.2. The average molecular weight is 1590 g/mol. The fourth-order valence-electron chi connectivity index (χ4n) is 7.63. The molecule has 0 saturated carbocycles. The Kier molecular flexibility index (Phi) is 34.8. The number of ether oxygens (including phenoxy) is 6. The molecule has 6 aromatic carbocycles. The van der Waals surface area contributed by atoms with Gasteiger partial charge >= 0.3 is 29.6 Å². The van der Waals surface area contributed by atoms with Crippen LogP contribution < -0.4 is 58.8 Å². The maximum absolute atomic E-state index is 12.0. The number of alkyl halides is 1. The quantitative estimate of drug-likeness (QED) is 0.0485. The van der Waals surface area contributed by atoms with E-state index in [1.807, 2.05) is 78.9 Å². The van der Waals surface area contributed by atoms with E-state index in [9.17, 15) is 4.79 Å². The van der Waals surface area contributed by atoms with E-state index < -0.39 is 0 Å². The first-order valence-electron chi connectivity index (χ1n) is 26.7. The smallest absolute Gasteiger partial charge is 0.788 e. The van der Waals surface area contributed by atoms with Crippen LogP contribution in [0.15, 0.2) is 182 Å². The normalized spacial score (nSPS) is 10.8. The summed E-state index contributed by atoms with van der Waals surface area (Å²) < 4.78 is 34.8. The molecule has 90 heavy (non-hydrogen) atoms. The van der Waals surface area contributed by atoms with Gasteiger partial charge in [0, 0.05) is 91.9 Å². The minimum absolute atomic E-state index is 0. The summed E-state index contributed by atoms with van der Waals surface area (Å²) in [5.74, 6) is 7.55. The predicted molar refractivity (Wildman–Crippen MR) is 374 cm³/mol. The Labute approximate surface area is 608 Å². The van der Waals surface area contributed by atoms with Gasteiger partial charge in [0.05, 0.1) is 49.1 Å². The number of rotatable bonds is 18. The van der Waals surface area contributed by atoms with E-state index in [0.717, 1.165) is 47.2 Å². The van der Waals surface area contributed by atoms with Crippen LogP contribution in [-0.4, -0.2) is 42.4 Å². The van der Waals surface area contributed by atoms with Crippen LogP contribution in [0.4, 0.5) is 0 Å². The number of hydrogen-bond donors (Lipinski definition) is 1. The van der Waals surface area contributed by atoms with Gasteiger partial charge in [-0.1, -0.05) is 147 Å². The molecular formula is C66H54Br4Cl3N6NaO7S3. The number of hydrogen-bond acceptors (Lipinski definition) is 15. The van der Waals surface area contributed by atoms with Crippen molar-refractivity contribution in [1.82, 2.24) is 15.0 Å². The molecular weight excluding hydrogens is 1530 g/mol. The molecule has 1 fully saturated rings. The molecule has 0 unspecified atom stereocenters. The molecule has 0 atom stereocenters. The van der Waals surface area contributed by atoms with Crippen molar-refractivity contribution in [2.24, 2.45) is 0 Å². The summed E-state index contributed by atoms with van der Waals surface area (Å²) in [5.41, 5.74) is 7.24. The first kappa shape index (κ1) is 75.6. The summed E-state index contributed by atoms with van der Waals surface area (Å²) in [7, 11) is 3.08. The van der Waals surface area contributed by atoms with Crippen molar-refractivity contribution in [3.8, 4) is 64.5 Å². The van der Waals surface area contributed by atoms with Gasteiger partial charge in [-0.3, -0.25) is 4.79 Å². The third kappa shape index (κ3) is 25.0. The zero-order valence-electron chi connectivity index (χ0n) is 48.6. The maximum atomic E-state index is 12.0. The van der Waals surface area contributed by atoms with E-state index >= 15 is 0 Å². The van der Waals surface area contributed by atoms with E-state index in [4.69, 9.17) is 91.6 Å². The second kappa shape index (κ2) is 41.4. The molecule has 3 aromatic heterocycles. The van der Waals surface area contributed by atoms with Crippen molar-refractivity contribution < 1.29 is 58.0 Å². The van der Waals surface area contributed by atoms with E-state index in [1.165, 1.54) is 36.6 Å². The van der Waals surface area contributed by atoms with Gasteiger partial charge in [0.15, 0.2) is 17.2 Å². The molecule has 24 heteroatoms. The molecule has 4 heterocycles. The van der Waals surface area contributed by atoms with Crippen molar-refractivity contribution in [3.63, 3.8) is 0 Å². The number of H-pyrrole nitrogens is 1. The zero-order valence-corrected chi connectivity index (χ0v) is 61.7. The first-order chi connectivity index (χ1) is 43.2. The molecule has 1 N–H and O–H groups in total. The van der Waals surface area contributed by atoms with E-state index in [1.54, 1.807) is 104 Å². The summed E-state index contributed by atoms with van der Waals surface area (Å²) in [6.45, 7) is 2.00. The number of aromatic amines is 1. The second-order valence-electron chi connectivity index (χ2n) is 18.4. The average Bonchev–Trinajstić information content (AvgIpc) is 1.94. The molecule has 0 spiro atoms. The van der Waals surface area contributed by atoms with E-state index in [0.29, 0.717) is 108 Å². The molecule has 1 aliphatic heterocycles. The number of nitrogens with zero attached hydrogens (tertiary/aromatic N) is 5. The summed E-state index contributed by atoms with van der Waals surface area (Å²) in [6.07, 6.45) is 7.60. The minimum atomic E-state index is -0.288. The molecule has 13 nitrogen and oxygen atoms in total. The number of benzene rings is 6. The van der Waals surface area contributed by atoms with Crippen LogP contribution in [0.25, 0.3) is 0 Å². The predicted octanol–water partition coefficient (Wildman–Crippen LogP) is 17.1. The van der Waals surface area contributed by atoms with Gasteiger partial charge in [-0.05, 0) is 126 Å². The Balaban J connectivity index is 0.000000222. The van der Waals surface area contributed by atoms with Crippen molar-refractivity contribution in [1.29, 1.82) is 15.8 Å². The molecule has 0 radical (unpaired) electrons. The largest absolute Gasteiger partial charge is 1.00 e. The van der Waals surface area contributed by atoms with Gasteiger partial charge in [0.1, 0.15) is 30.7 Å². The van der Waals surface area contributed by atoms with Gasteiger partial charge in [-0.25, -0.2) is 9.97 Å². The van der Waals surface area contributed by atoms with Crippen LogP contribution >= 0.6 is 122 Å². The van der Waals surface area contributed by atoms with Gasteiger partial charge in [-0.15, -0.1) is 0 Å². The summed E-state index contributed by atoms with van der Waals surface area (Å²) in [5, 5.41) is 29.1. The van der Waals surface area contributed by atoms with Crippen molar-refractivity contribution in [2.45, 2.75) is 46.9 Å². The SMILES string of the molecule is C1CCOC1.COc1ncc(CBr)c(Oc2cc(Cl)cc(C#N)c2)c1Br.COc1ncc(CSCc2ccccc2)c(Oc2cc(Cl)cc(C#N)c2)c1Br.N#Cc1cc(Cl)cc(Oc2c(CSCc3ccccc3)c[nH]c(=O)c2Br)c1.[Na+].[S-]Cc1ccccc1. The molecule has 0 aliphatic carbocycles. The van der Waals surface area contributed by atoms with Crippen LogP contribution in [0.5, 0.6) is 46.3 Å². The Morgan fingerprint density at radius 3 is 1.29 bits per heavy atom. The van der Waals surface area contributed by atoms with Crippen LogP contribution in [0, 0.1) is 34.0 Å².